The molecule has 0 unspecified atom stereocenters. The van der Waals surface area contributed by atoms with Crippen LogP contribution in [0.2, 0.25) is 0 Å². The largest absolute Gasteiger partial charge is 0.481 e. The highest BCUT2D eigenvalue weighted by Gasteiger charge is 2.08. The lowest BCUT2D eigenvalue weighted by atomic mass is 10.1. The number of carbonyl (C=O) groups is 3. The molecule has 28 heavy (non-hydrogen) atoms. The van der Waals surface area contributed by atoms with Crippen LogP contribution in [0.1, 0.15) is 24.0 Å². The molecule has 0 fully saturated rings. The molecule has 3 N–H and O–H groups in total. The number of carboxylic acid groups (broad SMARTS) is 1. The van der Waals surface area contributed by atoms with Crippen molar-refractivity contribution in [2.24, 2.45) is 5.10 Å². The summed E-state index contributed by atoms with van der Waals surface area (Å²) in [5, 5.41) is 15.4. The van der Waals surface area contributed by atoms with E-state index < -0.39 is 17.8 Å². The molecule has 2 rings (SSSR count). The highest BCUT2D eigenvalue weighted by atomic mass is 16.4. The number of aliphatic carboxylic acids is 1. The summed E-state index contributed by atoms with van der Waals surface area (Å²) in [5.74, 6) is -1.87. The summed E-state index contributed by atoms with van der Waals surface area (Å²) in [5.41, 5.74) is 4.40. The molecule has 7 heteroatoms. The van der Waals surface area contributed by atoms with E-state index >= 15 is 0 Å². The van der Waals surface area contributed by atoms with Crippen LogP contribution in [0.15, 0.2) is 71.8 Å². The van der Waals surface area contributed by atoms with Gasteiger partial charge in [0.1, 0.15) is 0 Å². The van der Waals surface area contributed by atoms with Crippen LogP contribution in [-0.4, -0.2) is 35.1 Å². The lowest BCUT2D eigenvalue weighted by Crippen LogP contribution is -2.34. The number of amides is 2. The summed E-state index contributed by atoms with van der Waals surface area (Å²) < 4.78 is 0. The van der Waals surface area contributed by atoms with E-state index in [0.29, 0.717) is 5.71 Å². The second kappa shape index (κ2) is 11.1. The first-order chi connectivity index (χ1) is 13.5. The predicted octanol–water partition coefficient (Wildman–Crippen LogP) is 2.20. The van der Waals surface area contributed by atoms with Crippen molar-refractivity contribution in [2.75, 3.05) is 6.54 Å². The molecular weight excluding hydrogens is 358 g/mol. The molecule has 0 bridgehead atoms. The Hall–Kier alpha value is -3.74. The summed E-state index contributed by atoms with van der Waals surface area (Å²) in [7, 11) is 0. The SMILES string of the molecule is O=C(O)CC/C(=N/NC(=O)CNC(=O)/C=C/c1ccccc1)c1ccccc1. The quantitative estimate of drug-likeness (QED) is 0.353. The zero-order valence-electron chi connectivity index (χ0n) is 15.2. The molecule has 2 amide bonds. The highest BCUT2D eigenvalue weighted by Crippen LogP contribution is 2.06. The Bertz CT molecular complexity index is 862. The van der Waals surface area contributed by atoms with Crippen molar-refractivity contribution in [3.05, 3.63) is 77.9 Å². The molecule has 0 aliphatic heterocycles. The number of nitrogens with zero attached hydrogens (tertiary/aromatic N) is 1. The fourth-order valence-electron chi connectivity index (χ4n) is 2.25. The summed E-state index contributed by atoms with van der Waals surface area (Å²) in [6.45, 7) is -0.248. The molecule has 0 spiro atoms. The maximum atomic E-state index is 11.9. The van der Waals surface area contributed by atoms with Crippen LogP contribution in [0.25, 0.3) is 6.08 Å². The van der Waals surface area contributed by atoms with Crippen molar-refractivity contribution in [1.82, 2.24) is 10.7 Å². The van der Waals surface area contributed by atoms with Gasteiger partial charge >= 0.3 is 5.97 Å². The Balaban J connectivity index is 1.87. The molecule has 0 aliphatic carbocycles. The number of carboxylic acids is 1. The molecule has 0 aromatic heterocycles. The van der Waals surface area contributed by atoms with Crippen LogP contribution < -0.4 is 10.7 Å². The fourth-order valence-corrected chi connectivity index (χ4v) is 2.25. The van der Waals surface area contributed by atoms with Crippen molar-refractivity contribution in [3.63, 3.8) is 0 Å². The summed E-state index contributed by atoms with van der Waals surface area (Å²) >= 11 is 0. The molecule has 0 heterocycles. The van der Waals surface area contributed by atoms with Gasteiger partial charge in [-0.05, 0) is 17.2 Å². The average molecular weight is 379 g/mol. The number of rotatable bonds is 9. The van der Waals surface area contributed by atoms with Crippen LogP contribution in [-0.2, 0) is 14.4 Å². The minimum absolute atomic E-state index is 0.107. The van der Waals surface area contributed by atoms with E-state index in [-0.39, 0.29) is 19.4 Å². The zero-order chi connectivity index (χ0) is 20.2. The lowest BCUT2D eigenvalue weighted by molar-refractivity contribution is -0.136. The lowest BCUT2D eigenvalue weighted by Gasteiger charge is -2.07. The highest BCUT2D eigenvalue weighted by molar-refractivity contribution is 6.02. The Morgan fingerprint density at radius 1 is 0.929 bits per heavy atom. The van der Waals surface area contributed by atoms with E-state index in [1.807, 2.05) is 36.4 Å². The van der Waals surface area contributed by atoms with Crippen molar-refractivity contribution < 1.29 is 19.5 Å². The number of hydrogen-bond donors (Lipinski definition) is 3. The molecule has 0 saturated heterocycles. The predicted molar refractivity (Wildman–Crippen MR) is 106 cm³/mol. The topological polar surface area (TPSA) is 108 Å². The molecule has 2 aromatic rings. The number of nitrogens with one attached hydrogen (secondary N) is 2. The van der Waals surface area contributed by atoms with E-state index in [1.54, 1.807) is 30.3 Å². The smallest absolute Gasteiger partial charge is 0.303 e. The maximum absolute atomic E-state index is 11.9. The minimum Gasteiger partial charge on any atom is -0.481 e. The van der Waals surface area contributed by atoms with Gasteiger partial charge in [-0.15, -0.1) is 0 Å². The van der Waals surface area contributed by atoms with Gasteiger partial charge < -0.3 is 10.4 Å². The van der Waals surface area contributed by atoms with E-state index in [1.165, 1.54) is 6.08 Å². The Kier molecular flexibility index (Phi) is 8.14. The van der Waals surface area contributed by atoms with E-state index in [2.05, 4.69) is 15.8 Å². The fraction of sp³-hybridized carbons (Fsp3) is 0.143. The number of hydrazone groups is 1. The number of carbonyl (C=O) groups excluding carboxylic acids is 2. The first-order valence-electron chi connectivity index (χ1n) is 8.68. The molecular formula is C21H21N3O4. The third-order valence-electron chi connectivity index (χ3n) is 3.65. The summed E-state index contributed by atoms with van der Waals surface area (Å²) in [6.07, 6.45) is 3.05. The molecule has 7 nitrogen and oxygen atoms in total. The zero-order valence-corrected chi connectivity index (χ0v) is 15.2. The Morgan fingerprint density at radius 3 is 2.21 bits per heavy atom. The van der Waals surface area contributed by atoms with Gasteiger partial charge in [0.05, 0.1) is 18.7 Å². The first kappa shape index (κ1) is 20.6. The van der Waals surface area contributed by atoms with Gasteiger partial charge in [0, 0.05) is 12.5 Å². The van der Waals surface area contributed by atoms with Crippen LogP contribution in [0.3, 0.4) is 0 Å². The molecule has 0 aliphatic rings. The van der Waals surface area contributed by atoms with Crippen LogP contribution in [0.5, 0.6) is 0 Å². The first-order valence-corrected chi connectivity index (χ1v) is 8.68. The Morgan fingerprint density at radius 2 is 1.57 bits per heavy atom. The van der Waals surface area contributed by atoms with E-state index in [9.17, 15) is 14.4 Å². The van der Waals surface area contributed by atoms with Crippen molar-refractivity contribution >= 4 is 29.6 Å². The minimum atomic E-state index is -0.951. The van der Waals surface area contributed by atoms with Crippen molar-refractivity contribution in [1.29, 1.82) is 0 Å². The van der Waals surface area contributed by atoms with Gasteiger partial charge in [0.15, 0.2) is 0 Å². The second-order valence-electron chi connectivity index (χ2n) is 5.82. The standard InChI is InChI=1S/C21H21N3O4/c25-19(13-11-16-7-3-1-4-8-16)22-15-20(26)24-23-18(12-14-21(27)28)17-9-5-2-6-10-17/h1-11,13H,12,14-15H2,(H,22,25)(H,24,26)(H,27,28)/b13-11+,23-18-. The molecule has 0 atom stereocenters. The third kappa shape index (κ3) is 7.65. The van der Waals surface area contributed by atoms with Gasteiger partial charge in [0.2, 0.25) is 5.91 Å². The number of benzene rings is 2. The molecule has 2 aromatic carbocycles. The average Bonchev–Trinajstić information content (AvgIpc) is 2.72. The van der Waals surface area contributed by atoms with Gasteiger partial charge in [-0.1, -0.05) is 60.7 Å². The molecule has 0 saturated carbocycles. The summed E-state index contributed by atoms with van der Waals surface area (Å²) in [6, 6.07) is 18.3. The van der Waals surface area contributed by atoms with Gasteiger partial charge in [-0.2, -0.15) is 5.10 Å². The molecule has 144 valence electrons. The summed E-state index contributed by atoms with van der Waals surface area (Å²) in [4.78, 5) is 34.5. The normalized spacial score (nSPS) is 11.2. The van der Waals surface area contributed by atoms with Gasteiger partial charge in [-0.25, -0.2) is 5.43 Å². The molecule has 0 radical (unpaired) electrons. The van der Waals surface area contributed by atoms with E-state index in [0.717, 1.165) is 11.1 Å². The maximum Gasteiger partial charge on any atom is 0.303 e. The van der Waals surface area contributed by atoms with Crippen molar-refractivity contribution in [2.45, 2.75) is 12.8 Å². The van der Waals surface area contributed by atoms with Gasteiger partial charge in [-0.3, -0.25) is 14.4 Å². The monoisotopic (exact) mass is 379 g/mol. The third-order valence-corrected chi connectivity index (χ3v) is 3.65. The second-order valence-corrected chi connectivity index (χ2v) is 5.82. The van der Waals surface area contributed by atoms with Gasteiger partial charge in [0.25, 0.3) is 5.91 Å². The van der Waals surface area contributed by atoms with E-state index in [4.69, 9.17) is 5.11 Å². The Labute approximate surface area is 162 Å². The van der Waals surface area contributed by atoms with Crippen LogP contribution in [0, 0.1) is 0 Å². The van der Waals surface area contributed by atoms with Crippen LogP contribution in [0.4, 0.5) is 0 Å². The van der Waals surface area contributed by atoms with Crippen LogP contribution >= 0.6 is 0 Å². The van der Waals surface area contributed by atoms with Crippen molar-refractivity contribution in [3.8, 4) is 0 Å². The number of hydrogen-bond acceptors (Lipinski definition) is 4.